The van der Waals surface area contributed by atoms with Gasteiger partial charge in [-0.25, -0.2) is 9.37 Å². The molecule has 0 saturated carbocycles. The maximum Gasteiger partial charge on any atom is 0.482 e. The predicted octanol–water partition coefficient (Wildman–Crippen LogP) is 3.39. The molecule has 2 aromatic rings. The zero-order chi connectivity index (χ0) is 16.2. The van der Waals surface area contributed by atoms with Gasteiger partial charge in [-0.2, -0.15) is 8.78 Å². The van der Waals surface area contributed by atoms with Gasteiger partial charge in [0.1, 0.15) is 17.4 Å². The number of pyridine rings is 1. The molecule has 0 radical (unpaired) electrons. The number of carbonyl (C=O) groups excluding carboxylic acids is 1. The maximum atomic E-state index is 13.7. The van der Waals surface area contributed by atoms with Gasteiger partial charge in [0.15, 0.2) is 0 Å². The van der Waals surface area contributed by atoms with E-state index < -0.39 is 17.8 Å². The number of carbonyl (C=O) groups is 1. The number of halogens is 3. The van der Waals surface area contributed by atoms with Gasteiger partial charge in [0.25, 0.3) is 0 Å². The number of hydrogen-bond acceptors (Lipinski definition) is 3. The first-order chi connectivity index (χ1) is 10.4. The molecule has 2 rings (SSSR count). The standard InChI is InChI=1S/C15H13F3N2O2/c1-2-11-4-3-5-13(19-11)20-14(21)15(17,18)22-12-8-6-10(16)7-9-12/h3-9H,2H2,1H3,(H,19,20,21). The lowest BCUT2D eigenvalue weighted by molar-refractivity contribution is -0.187. The highest BCUT2D eigenvalue weighted by atomic mass is 19.3. The molecule has 0 saturated heterocycles. The van der Waals surface area contributed by atoms with Crippen LogP contribution in [-0.2, 0) is 11.2 Å². The van der Waals surface area contributed by atoms with Gasteiger partial charge in [-0.05, 0) is 42.8 Å². The lowest BCUT2D eigenvalue weighted by Crippen LogP contribution is -2.40. The third-order valence-corrected chi connectivity index (χ3v) is 2.73. The quantitative estimate of drug-likeness (QED) is 0.921. The van der Waals surface area contributed by atoms with Crippen LogP contribution >= 0.6 is 0 Å². The van der Waals surface area contributed by atoms with E-state index in [4.69, 9.17) is 0 Å². The molecule has 1 aromatic heterocycles. The van der Waals surface area contributed by atoms with Gasteiger partial charge in [0.2, 0.25) is 0 Å². The Morgan fingerprint density at radius 3 is 2.55 bits per heavy atom. The molecule has 0 fully saturated rings. The van der Waals surface area contributed by atoms with E-state index in [1.54, 1.807) is 12.1 Å². The summed E-state index contributed by atoms with van der Waals surface area (Å²) in [6.45, 7) is 1.85. The highest BCUT2D eigenvalue weighted by molar-refractivity contribution is 5.94. The summed E-state index contributed by atoms with van der Waals surface area (Å²) in [4.78, 5) is 15.6. The number of nitrogens with one attached hydrogen (secondary N) is 1. The summed E-state index contributed by atoms with van der Waals surface area (Å²) in [5, 5.41) is 1.99. The van der Waals surface area contributed by atoms with Crippen LogP contribution in [-0.4, -0.2) is 17.0 Å². The average Bonchev–Trinajstić information content (AvgIpc) is 2.49. The van der Waals surface area contributed by atoms with E-state index in [0.29, 0.717) is 12.1 Å². The van der Waals surface area contributed by atoms with Gasteiger partial charge >= 0.3 is 12.0 Å². The molecule has 0 aliphatic heterocycles. The van der Waals surface area contributed by atoms with Crippen LogP contribution in [0.2, 0.25) is 0 Å². The second-order valence-corrected chi connectivity index (χ2v) is 4.39. The van der Waals surface area contributed by atoms with E-state index >= 15 is 0 Å². The van der Waals surface area contributed by atoms with Gasteiger partial charge in [-0.15, -0.1) is 0 Å². The molecular weight excluding hydrogens is 297 g/mol. The molecule has 1 heterocycles. The number of nitrogens with zero attached hydrogens (tertiary/aromatic N) is 1. The van der Waals surface area contributed by atoms with Crippen molar-refractivity contribution in [2.45, 2.75) is 19.5 Å². The van der Waals surface area contributed by atoms with Crippen molar-refractivity contribution < 1.29 is 22.7 Å². The van der Waals surface area contributed by atoms with Gasteiger partial charge in [0.05, 0.1) is 0 Å². The normalized spacial score (nSPS) is 11.1. The van der Waals surface area contributed by atoms with E-state index in [9.17, 15) is 18.0 Å². The number of benzene rings is 1. The molecule has 1 amide bonds. The second-order valence-electron chi connectivity index (χ2n) is 4.39. The van der Waals surface area contributed by atoms with Crippen molar-refractivity contribution in [1.82, 2.24) is 4.98 Å². The summed E-state index contributed by atoms with van der Waals surface area (Å²) in [6, 6.07) is 8.62. The number of aryl methyl sites for hydroxylation is 1. The number of amides is 1. The Morgan fingerprint density at radius 2 is 1.91 bits per heavy atom. The Balaban J connectivity index is 2.07. The van der Waals surface area contributed by atoms with E-state index in [2.05, 4.69) is 9.72 Å². The van der Waals surface area contributed by atoms with Crippen molar-refractivity contribution in [3.05, 3.63) is 54.0 Å². The van der Waals surface area contributed by atoms with E-state index in [1.807, 2.05) is 12.2 Å². The SMILES string of the molecule is CCc1cccc(NC(=O)C(F)(F)Oc2ccc(F)cc2)n1. The summed E-state index contributed by atoms with van der Waals surface area (Å²) < 4.78 is 44.4. The lowest BCUT2D eigenvalue weighted by atomic mass is 10.3. The number of aromatic nitrogens is 1. The minimum Gasteiger partial charge on any atom is -0.425 e. The molecule has 0 atom stereocenters. The van der Waals surface area contributed by atoms with Crippen molar-refractivity contribution in [2.24, 2.45) is 0 Å². The monoisotopic (exact) mass is 310 g/mol. The van der Waals surface area contributed by atoms with Gasteiger partial charge in [0, 0.05) is 5.69 Å². The van der Waals surface area contributed by atoms with Crippen LogP contribution in [0.15, 0.2) is 42.5 Å². The Bertz CT molecular complexity index is 660. The number of alkyl halides is 2. The highest BCUT2D eigenvalue weighted by Gasteiger charge is 2.42. The smallest absolute Gasteiger partial charge is 0.425 e. The van der Waals surface area contributed by atoms with Crippen LogP contribution in [0.5, 0.6) is 5.75 Å². The predicted molar refractivity (Wildman–Crippen MR) is 74.2 cm³/mol. The third kappa shape index (κ3) is 3.97. The minimum absolute atomic E-state index is 0.00623. The fourth-order valence-corrected chi connectivity index (χ4v) is 1.63. The zero-order valence-electron chi connectivity index (χ0n) is 11.6. The van der Waals surface area contributed by atoms with Gasteiger partial charge in [-0.1, -0.05) is 13.0 Å². The highest BCUT2D eigenvalue weighted by Crippen LogP contribution is 2.23. The number of anilines is 1. The third-order valence-electron chi connectivity index (χ3n) is 2.73. The second kappa shape index (κ2) is 6.46. The van der Waals surface area contributed by atoms with E-state index in [-0.39, 0.29) is 11.6 Å². The summed E-state index contributed by atoms with van der Waals surface area (Å²) in [7, 11) is 0. The fourth-order valence-electron chi connectivity index (χ4n) is 1.63. The van der Waals surface area contributed by atoms with Crippen LogP contribution in [0.4, 0.5) is 19.0 Å². The number of rotatable bonds is 5. The van der Waals surface area contributed by atoms with Crippen molar-refractivity contribution in [3.8, 4) is 5.75 Å². The minimum atomic E-state index is -4.11. The molecule has 116 valence electrons. The van der Waals surface area contributed by atoms with Crippen LogP contribution in [0.3, 0.4) is 0 Å². The Labute approximate surface area is 124 Å². The molecule has 0 aliphatic rings. The molecule has 0 aliphatic carbocycles. The summed E-state index contributed by atoms with van der Waals surface area (Å²) >= 11 is 0. The van der Waals surface area contributed by atoms with Crippen molar-refractivity contribution >= 4 is 11.7 Å². The molecule has 0 unspecified atom stereocenters. The first-order valence-corrected chi connectivity index (χ1v) is 6.50. The van der Waals surface area contributed by atoms with Gasteiger partial charge < -0.3 is 10.1 Å². The maximum absolute atomic E-state index is 13.7. The Hall–Kier alpha value is -2.57. The molecule has 22 heavy (non-hydrogen) atoms. The Morgan fingerprint density at radius 1 is 1.23 bits per heavy atom. The molecular formula is C15H13F3N2O2. The largest absolute Gasteiger partial charge is 0.482 e. The summed E-state index contributed by atoms with van der Waals surface area (Å²) in [6.07, 6.45) is -3.51. The molecule has 1 aromatic carbocycles. The summed E-state index contributed by atoms with van der Waals surface area (Å²) in [5.41, 5.74) is 0.653. The first kappa shape index (κ1) is 15.8. The average molecular weight is 310 g/mol. The summed E-state index contributed by atoms with van der Waals surface area (Å²) in [5.74, 6) is -2.57. The number of hydrogen-bond donors (Lipinski definition) is 1. The van der Waals surface area contributed by atoms with Crippen LogP contribution in [0.1, 0.15) is 12.6 Å². The fraction of sp³-hybridized carbons (Fsp3) is 0.200. The number of ether oxygens (including phenoxy) is 1. The van der Waals surface area contributed by atoms with Crippen LogP contribution in [0, 0.1) is 5.82 Å². The molecule has 4 nitrogen and oxygen atoms in total. The lowest BCUT2D eigenvalue weighted by Gasteiger charge is -2.17. The zero-order valence-corrected chi connectivity index (χ0v) is 11.6. The van der Waals surface area contributed by atoms with Gasteiger partial charge in [-0.3, -0.25) is 4.79 Å². The Kier molecular flexibility index (Phi) is 4.65. The molecule has 1 N–H and O–H groups in total. The topological polar surface area (TPSA) is 51.2 Å². The van der Waals surface area contributed by atoms with Crippen LogP contribution in [0.25, 0.3) is 0 Å². The van der Waals surface area contributed by atoms with Crippen molar-refractivity contribution in [2.75, 3.05) is 5.32 Å². The van der Waals surface area contributed by atoms with E-state index in [0.717, 1.165) is 24.3 Å². The van der Waals surface area contributed by atoms with Crippen molar-refractivity contribution in [3.63, 3.8) is 0 Å². The van der Waals surface area contributed by atoms with Crippen LogP contribution < -0.4 is 10.1 Å². The van der Waals surface area contributed by atoms with E-state index in [1.165, 1.54) is 6.07 Å². The first-order valence-electron chi connectivity index (χ1n) is 6.50. The van der Waals surface area contributed by atoms with Crippen molar-refractivity contribution in [1.29, 1.82) is 0 Å². The molecule has 0 bridgehead atoms. The molecule has 7 heteroatoms. The molecule has 0 spiro atoms.